The van der Waals surface area contributed by atoms with Gasteiger partial charge in [-0.1, -0.05) is 77.8 Å². The molecule has 0 unspecified atom stereocenters. The Kier molecular flexibility index (Phi) is 11.4. The minimum Gasteiger partial charge on any atom is -0.808 e. The van der Waals surface area contributed by atoms with E-state index < -0.39 is 0 Å². The second-order valence-electron chi connectivity index (χ2n) is 10.4. The number of para-hydroxylation sites is 1. The van der Waals surface area contributed by atoms with Crippen molar-refractivity contribution >= 4 is 11.4 Å². The van der Waals surface area contributed by atoms with Crippen molar-refractivity contribution < 1.29 is 20.1 Å². The second kappa shape index (κ2) is 14.7. The van der Waals surface area contributed by atoms with Gasteiger partial charge in [-0.25, -0.2) is 0 Å². The summed E-state index contributed by atoms with van der Waals surface area (Å²) in [6.45, 7) is 12.0. The molecule has 0 atom stereocenters. The summed E-state index contributed by atoms with van der Waals surface area (Å²) in [7, 11) is 1.98. The number of allylic oxidation sites excluding steroid dienone is 2. The van der Waals surface area contributed by atoms with E-state index in [-0.39, 0.29) is 20.1 Å². The van der Waals surface area contributed by atoms with Crippen LogP contribution in [0.5, 0.6) is 0 Å². The van der Waals surface area contributed by atoms with Gasteiger partial charge in [0.1, 0.15) is 0 Å². The summed E-state index contributed by atoms with van der Waals surface area (Å²) in [5.74, 6) is 0. The zero-order chi connectivity index (χ0) is 29.5. The summed E-state index contributed by atoms with van der Waals surface area (Å²) in [4.78, 5) is 2.02. The summed E-state index contributed by atoms with van der Waals surface area (Å²) in [6.07, 6.45) is 1.75. The Morgan fingerprint density at radius 2 is 1.48 bits per heavy atom. The monoisotopic (exact) mass is 730 g/mol. The molecule has 214 valence electrons. The average molecular weight is 730 g/mol. The Morgan fingerprint density at radius 3 is 2.00 bits per heavy atom. The Bertz CT molecular complexity index is 1630. The molecular weight excluding hydrogens is 693 g/mol. The zero-order valence-corrected chi connectivity index (χ0v) is 27.8. The first kappa shape index (κ1) is 32.5. The first-order valence-electron chi connectivity index (χ1n) is 13.8. The fourth-order valence-electron chi connectivity index (χ4n) is 4.97. The van der Waals surface area contributed by atoms with Gasteiger partial charge in [0.25, 0.3) is 0 Å². The molecule has 0 aliphatic rings. The van der Waals surface area contributed by atoms with Gasteiger partial charge in [0.05, 0.1) is 5.69 Å². The zero-order valence-electron chi connectivity index (χ0n) is 25.4. The third kappa shape index (κ3) is 8.03. The fourth-order valence-corrected chi connectivity index (χ4v) is 4.97. The maximum absolute atomic E-state index is 9.48. The van der Waals surface area contributed by atoms with Gasteiger partial charge in [-0.15, -0.1) is 17.7 Å². The van der Waals surface area contributed by atoms with Crippen LogP contribution in [0.4, 0.5) is 5.69 Å². The third-order valence-corrected chi connectivity index (χ3v) is 6.96. The third-order valence-electron chi connectivity index (χ3n) is 6.96. The van der Waals surface area contributed by atoms with Gasteiger partial charge in [-0.05, 0) is 57.5 Å². The first-order valence-corrected chi connectivity index (χ1v) is 13.8. The van der Waals surface area contributed by atoms with E-state index in [1.54, 1.807) is 13.0 Å². The molecule has 0 aliphatic carbocycles. The Labute approximate surface area is 264 Å². The average Bonchev–Trinajstić information content (AvgIpc) is 3.31. The smallest absolute Gasteiger partial charge is 0.808 e. The predicted molar refractivity (Wildman–Crippen MR) is 174 cm³/mol. The van der Waals surface area contributed by atoms with Crippen molar-refractivity contribution in [3.63, 3.8) is 0 Å². The molecule has 0 N–H and O–H groups in total. The van der Waals surface area contributed by atoms with Crippen LogP contribution < -0.4 is 4.90 Å². The summed E-state index contributed by atoms with van der Waals surface area (Å²) in [6, 6.07) is 37.7. The molecular formula is C37H37IrN4. The molecule has 0 aliphatic heterocycles. The van der Waals surface area contributed by atoms with Gasteiger partial charge >= 0.3 is 20.1 Å². The number of aryl methyl sites for hydroxylation is 4. The molecule has 0 saturated carbocycles. The maximum Gasteiger partial charge on any atom is 3.00 e. The van der Waals surface area contributed by atoms with Gasteiger partial charge in [0.2, 0.25) is 0 Å². The summed E-state index contributed by atoms with van der Waals surface area (Å²) in [5.41, 5.74) is 12.8. The molecule has 4 nitrogen and oxygen atoms in total. The summed E-state index contributed by atoms with van der Waals surface area (Å²) < 4.78 is 1.90. The Hall–Kier alpha value is -4.05. The number of anilines is 1. The predicted octanol–water partition coefficient (Wildman–Crippen LogP) is 9.09. The van der Waals surface area contributed by atoms with Gasteiger partial charge in [0.15, 0.2) is 0 Å². The van der Waals surface area contributed by atoms with Crippen LogP contribution in [-0.4, -0.2) is 22.5 Å². The summed E-state index contributed by atoms with van der Waals surface area (Å²) in [5, 5.41) is 13.8. The van der Waals surface area contributed by atoms with E-state index in [4.69, 9.17) is 0 Å². The number of nitrogens with zero attached hydrogens (tertiary/aromatic N) is 4. The van der Waals surface area contributed by atoms with E-state index in [0.717, 1.165) is 28.5 Å². The topological polar surface area (TPSA) is 43.4 Å². The minimum absolute atomic E-state index is 0. The molecule has 1 heterocycles. The normalized spacial score (nSPS) is 10.8. The quantitative estimate of drug-likeness (QED) is 0.129. The molecule has 1 aromatic heterocycles. The molecule has 0 amide bonds. The Balaban J connectivity index is 0.000000289. The number of benzene rings is 4. The standard InChI is InChI=1S/C26H26N2.C11H11N2.Ir/c1-18-15-24(22-9-7-6-8-10-22)16-19(2)26(18)23-11-13-25(14-12-23)28(5)21(4)17-20(3)27;1-9-8-10(2)13(12-9)11-6-4-3-5-7-11;/h6-13,15-17H,1-5H3;3-6,8H,1-2H3;/q-2;-1;+3/b21-17-;;. The van der Waals surface area contributed by atoms with Crippen LogP contribution in [0.15, 0.2) is 103 Å². The van der Waals surface area contributed by atoms with Crippen LogP contribution in [0.3, 0.4) is 0 Å². The van der Waals surface area contributed by atoms with Crippen LogP contribution in [0, 0.1) is 39.8 Å². The maximum atomic E-state index is 9.48. The van der Waals surface area contributed by atoms with Gasteiger partial charge in [-0.2, -0.15) is 53.3 Å². The van der Waals surface area contributed by atoms with Crippen LogP contribution >= 0.6 is 0 Å². The second-order valence-corrected chi connectivity index (χ2v) is 10.4. The van der Waals surface area contributed by atoms with Gasteiger partial charge in [0, 0.05) is 18.4 Å². The molecule has 0 spiro atoms. The minimum atomic E-state index is 0. The molecule has 5 aromatic rings. The molecule has 0 saturated heterocycles. The van der Waals surface area contributed by atoms with Crippen molar-refractivity contribution in [1.29, 1.82) is 0 Å². The molecule has 0 fully saturated rings. The molecule has 4 aromatic carbocycles. The number of rotatable bonds is 6. The van der Waals surface area contributed by atoms with Crippen molar-refractivity contribution in [3.8, 4) is 27.9 Å². The number of aromatic nitrogens is 2. The van der Waals surface area contributed by atoms with E-state index in [9.17, 15) is 5.41 Å². The van der Waals surface area contributed by atoms with Crippen LogP contribution in [0.25, 0.3) is 33.4 Å². The van der Waals surface area contributed by atoms with Crippen molar-refractivity contribution in [2.45, 2.75) is 41.5 Å². The summed E-state index contributed by atoms with van der Waals surface area (Å²) >= 11 is 0. The van der Waals surface area contributed by atoms with Gasteiger partial charge < -0.3 is 10.3 Å². The van der Waals surface area contributed by atoms with Crippen LogP contribution in [0.2, 0.25) is 0 Å². The fraction of sp³-hybridized carbons (Fsp3) is 0.189. The molecule has 5 heteroatoms. The molecule has 5 rings (SSSR count). The number of hydrogen-bond donors (Lipinski definition) is 0. The SMILES string of the molecule is CC(=[N-])/C=C(/C)N(C)c1[c-]cc(-c2c(C)cc(-c3ccccc3)cc2C)cc1.Cc1cc(C)n(-c2[c-]cccc2)n1.[Ir+3]. The van der Waals surface area contributed by atoms with Crippen LogP contribution in [0.1, 0.15) is 36.4 Å². The van der Waals surface area contributed by atoms with Crippen molar-refractivity contribution in [2.24, 2.45) is 0 Å². The van der Waals surface area contributed by atoms with Crippen molar-refractivity contribution in [3.05, 3.63) is 143 Å². The first-order chi connectivity index (χ1) is 19.6. The van der Waals surface area contributed by atoms with Crippen molar-refractivity contribution in [2.75, 3.05) is 11.9 Å². The van der Waals surface area contributed by atoms with E-state index in [2.05, 4.69) is 85.7 Å². The Morgan fingerprint density at radius 1 is 0.810 bits per heavy atom. The van der Waals surface area contributed by atoms with E-state index in [1.807, 2.05) is 73.8 Å². The molecule has 0 radical (unpaired) electrons. The van der Waals surface area contributed by atoms with Crippen LogP contribution in [-0.2, 0) is 20.1 Å². The molecule has 0 bridgehead atoms. The van der Waals surface area contributed by atoms with Crippen molar-refractivity contribution in [1.82, 2.24) is 9.78 Å². The van der Waals surface area contributed by atoms with E-state index in [0.29, 0.717) is 5.71 Å². The van der Waals surface area contributed by atoms with Gasteiger partial charge in [-0.3, -0.25) is 4.68 Å². The molecule has 42 heavy (non-hydrogen) atoms. The van der Waals surface area contributed by atoms with E-state index >= 15 is 0 Å². The number of hydrogen-bond acceptors (Lipinski definition) is 2. The largest absolute Gasteiger partial charge is 3.00 e. The van der Waals surface area contributed by atoms with E-state index in [1.165, 1.54) is 33.4 Å².